The van der Waals surface area contributed by atoms with Gasteiger partial charge in [-0.15, -0.1) is 0 Å². The van der Waals surface area contributed by atoms with Gasteiger partial charge in [0.25, 0.3) is 0 Å². The summed E-state index contributed by atoms with van der Waals surface area (Å²) >= 11 is 0. The second kappa shape index (κ2) is 3.61. The largest absolute Gasteiger partial charge is 0.493 e. The van der Waals surface area contributed by atoms with Gasteiger partial charge >= 0.3 is 0 Å². The summed E-state index contributed by atoms with van der Waals surface area (Å²) in [5.41, 5.74) is 0.826. The van der Waals surface area contributed by atoms with Crippen LogP contribution in [0.15, 0.2) is 36.4 Å². The van der Waals surface area contributed by atoms with E-state index in [1.807, 2.05) is 30.3 Å². The van der Waals surface area contributed by atoms with Gasteiger partial charge in [0.2, 0.25) is 5.88 Å². The van der Waals surface area contributed by atoms with Gasteiger partial charge in [-0.2, -0.15) is 0 Å². The molecule has 2 nitrogen and oxygen atoms in total. The molecule has 1 aromatic heterocycles. The second-order valence-corrected chi connectivity index (χ2v) is 2.36. The molecule has 0 spiro atoms. The summed E-state index contributed by atoms with van der Waals surface area (Å²) in [5.74, 6) is 0.0729. The number of para-hydroxylation sites is 1. The Kier molecular flexibility index (Phi) is 2.74. The Labute approximate surface area is 82.1 Å². The van der Waals surface area contributed by atoms with E-state index in [4.69, 9.17) is 5.11 Å². The fourth-order valence-corrected chi connectivity index (χ4v) is 1.06. The summed E-state index contributed by atoms with van der Waals surface area (Å²) in [5, 5.41) is 10.1. The van der Waals surface area contributed by atoms with Crippen molar-refractivity contribution in [1.82, 2.24) is 4.98 Å². The van der Waals surface area contributed by atoms with Crippen molar-refractivity contribution in [3.05, 3.63) is 36.4 Å². The zero-order valence-corrected chi connectivity index (χ0v) is 7.70. The molecule has 0 aliphatic carbocycles. The number of hydrogen-bond acceptors (Lipinski definition) is 2. The van der Waals surface area contributed by atoms with Crippen LogP contribution in [0, 0.1) is 0 Å². The molecule has 0 saturated carbocycles. The van der Waals surface area contributed by atoms with E-state index in [0.717, 1.165) is 10.9 Å². The van der Waals surface area contributed by atoms with Crippen LogP contribution in [0.5, 0.6) is 5.88 Å². The fraction of sp³-hybridized carbons (Fsp3) is 0. The Morgan fingerprint density at radius 1 is 1.00 bits per heavy atom. The average molecular weight is 196 g/mol. The van der Waals surface area contributed by atoms with Crippen molar-refractivity contribution in [3.63, 3.8) is 0 Å². The van der Waals surface area contributed by atoms with E-state index in [1.165, 1.54) is 0 Å². The van der Waals surface area contributed by atoms with E-state index >= 15 is 0 Å². The molecule has 2 rings (SSSR count). The molecule has 1 radical (unpaired) electrons. The van der Waals surface area contributed by atoms with E-state index in [1.54, 1.807) is 6.07 Å². The number of pyridine rings is 1. The van der Waals surface area contributed by atoms with Crippen molar-refractivity contribution < 1.29 is 23.7 Å². The minimum absolute atomic E-state index is 0. The summed E-state index contributed by atoms with van der Waals surface area (Å²) in [6.07, 6.45) is 0. The normalized spacial score (nSPS) is 9.33. The van der Waals surface area contributed by atoms with Gasteiger partial charge in [0, 0.05) is 30.0 Å². The average Bonchev–Trinajstić information content (AvgIpc) is 2.04. The van der Waals surface area contributed by atoms with Crippen LogP contribution in [0.2, 0.25) is 0 Å². The second-order valence-electron chi connectivity index (χ2n) is 2.36. The SMILES string of the molecule is Oc1ccc2ccccc2n1.[V]. The Bertz CT molecular complexity index is 389. The first-order chi connectivity index (χ1) is 5.36. The predicted molar refractivity (Wildman–Crippen MR) is 43.4 cm³/mol. The number of hydrogen-bond donors (Lipinski definition) is 1. The third-order valence-corrected chi connectivity index (χ3v) is 1.58. The molecule has 0 aliphatic rings. The zero-order chi connectivity index (χ0) is 7.68. The van der Waals surface area contributed by atoms with Crippen LogP contribution in [-0.4, -0.2) is 10.1 Å². The van der Waals surface area contributed by atoms with Gasteiger partial charge in [0.15, 0.2) is 0 Å². The molecule has 2 aromatic rings. The Hall–Kier alpha value is -0.986. The molecule has 0 amide bonds. The molecule has 3 heteroatoms. The number of aromatic nitrogens is 1. The third kappa shape index (κ3) is 1.60. The number of nitrogens with zero attached hydrogens (tertiary/aromatic N) is 1. The smallest absolute Gasteiger partial charge is 0.211 e. The maximum Gasteiger partial charge on any atom is 0.211 e. The first-order valence-corrected chi connectivity index (χ1v) is 3.41. The number of benzene rings is 1. The number of aromatic hydroxyl groups is 1. The Balaban J connectivity index is 0.000000720. The number of fused-ring (bicyclic) bond motifs is 1. The van der Waals surface area contributed by atoms with Crippen molar-refractivity contribution in [2.24, 2.45) is 0 Å². The van der Waals surface area contributed by atoms with Crippen LogP contribution < -0.4 is 0 Å². The van der Waals surface area contributed by atoms with E-state index < -0.39 is 0 Å². The van der Waals surface area contributed by atoms with Crippen LogP contribution >= 0.6 is 0 Å². The minimum atomic E-state index is 0. The van der Waals surface area contributed by atoms with E-state index in [-0.39, 0.29) is 24.4 Å². The van der Waals surface area contributed by atoms with Crippen LogP contribution in [0.4, 0.5) is 0 Å². The van der Waals surface area contributed by atoms with Gasteiger partial charge in [0.05, 0.1) is 5.52 Å². The van der Waals surface area contributed by atoms with Crippen LogP contribution in [0.3, 0.4) is 0 Å². The van der Waals surface area contributed by atoms with Gasteiger partial charge in [-0.05, 0) is 12.1 Å². The Morgan fingerprint density at radius 2 is 1.75 bits per heavy atom. The maximum absolute atomic E-state index is 9.02. The van der Waals surface area contributed by atoms with Crippen LogP contribution in [0.25, 0.3) is 10.9 Å². The monoisotopic (exact) mass is 196 g/mol. The molecule has 0 aliphatic heterocycles. The molecule has 1 N–H and O–H groups in total. The molecular weight excluding hydrogens is 189 g/mol. The van der Waals surface area contributed by atoms with Crippen molar-refractivity contribution >= 4 is 10.9 Å². The first-order valence-electron chi connectivity index (χ1n) is 3.41. The summed E-state index contributed by atoms with van der Waals surface area (Å²) in [7, 11) is 0. The van der Waals surface area contributed by atoms with Crippen LogP contribution in [0.1, 0.15) is 0 Å². The van der Waals surface area contributed by atoms with E-state index in [0.29, 0.717) is 0 Å². The molecule has 12 heavy (non-hydrogen) atoms. The van der Waals surface area contributed by atoms with E-state index in [2.05, 4.69) is 4.98 Å². The fourth-order valence-electron chi connectivity index (χ4n) is 1.06. The predicted octanol–water partition coefficient (Wildman–Crippen LogP) is 1.94. The zero-order valence-electron chi connectivity index (χ0n) is 6.31. The summed E-state index contributed by atoms with van der Waals surface area (Å²) in [6, 6.07) is 11.1. The van der Waals surface area contributed by atoms with Crippen molar-refractivity contribution in [2.75, 3.05) is 0 Å². The van der Waals surface area contributed by atoms with Crippen molar-refractivity contribution in [2.45, 2.75) is 0 Å². The molecule has 59 valence electrons. The topological polar surface area (TPSA) is 33.1 Å². The molecule has 0 atom stereocenters. The van der Waals surface area contributed by atoms with Gasteiger partial charge < -0.3 is 5.11 Å². The summed E-state index contributed by atoms with van der Waals surface area (Å²) in [4.78, 5) is 3.93. The molecule has 0 saturated heterocycles. The summed E-state index contributed by atoms with van der Waals surface area (Å²) < 4.78 is 0. The molecule has 1 aromatic carbocycles. The van der Waals surface area contributed by atoms with E-state index in [9.17, 15) is 0 Å². The third-order valence-electron chi connectivity index (χ3n) is 1.58. The van der Waals surface area contributed by atoms with Gasteiger partial charge in [-0.1, -0.05) is 18.2 Å². The minimum Gasteiger partial charge on any atom is -0.493 e. The molecule has 1 heterocycles. The molecular formula is C9H7NOV. The van der Waals surface area contributed by atoms with Crippen LogP contribution in [-0.2, 0) is 18.6 Å². The van der Waals surface area contributed by atoms with Crippen molar-refractivity contribution in [1.29, 1.82) is 0 Å². The van der Waals surface area contributed by atoms with Gasteiger partial charge in [-0.3, -0.25) is 0 Å². The van der Waals surface area contributed by atoms with Crippen molar-refractivity contribution in [3.8, 4) is 5.88 Å². The Morgan fingerprint density at radius 3 is 2.58 bits per heavy atom. The molecule has 0 bridgehead atoms. The summed E-state index contributed by atoms with van der Waals surface area (Å²) in [6.45, 7) is 0. The molecule has 0 unspecified atom stereocenters. The molecule has 0 fully saturated rings. The standard InChI is InChI=1S/C9H7NO.V/c11-9-6-5-7-3-1-2-4-8(7)10-9;/h1-6H,(H,10,11);. The van der Waals surface area contributed by atoms with Gasteiger partial charge in [0.1, 0.15) is 0 Å². The first kappa shape index (κ1) is 9.11. The quantitative estimate of drug-likeness (QED) is 0.698. The number of rotatable bonds is 0. The maximum atomic E-state index is 9.02. The van der Waals surface area contributed by atoms with Gasteiger partial charge in [-0.25, -0.2) is 4.98 Å².